The average molecular weight is 339 g/mol. The van der Waals surface area contributed by atoms with Crippen molar-refractivity contribution in [1.82, 2.24) is 15.2 Å². The van der Waals surface area contributed by atoms with Gasteiger partial charge in [0.25, 0.3) is 0 Å². The van der Waals surface area contributed by atoms with E-state index in [1.165, 1.54) is 16.7 Å². The Morgan fingerprint density at radius 2 is 1.96 bits per heavy atom. The van der Waals surface area contributed by atoms with Gasteiger partial charge in [0.2, 0.25) is 0 Å². The molecule has 0 spiro atoms. The van der Waals surface area contributed by atoms with E-state index in [2.05, 4.69) is 60.2 Å². The normalized spacial score (nSPS) is 16.1. The summed E-state index contributed by atoms with van der Waals surface area (Å²) in [6.07, 6.45) is 3.65. The number of aromatic nitrogens is 1. The lowest BCUT2D eigenvalue weighted by Crippen LogP contribution is -2.31. The molecule has 1 aliphatic heterocycles. The fraction of sp³-hybridized carbons (Fsp3) is 0.476. The SMILES string of the molecule is CCN(CC)CCCNC1Oc2c(C)cccc2Cc2cccnc21. The van der Waals surface area contributed by atoms with Crippen LogP contribution in [0.25, 0.3) is 0 Å². The quantitative estimate of drug-likeness (QED) is 0.781. The van der Waals surface area contributed by atoms with Crippen LogP contribution in [0.2, 0.25) is 0 Å². The van der Waals surface area contributed by atoms with Crippen LogP contribution in [0.1, 0.15) is 48.9 Å². The van der Waals surface area contributed by atoms with E-state index in [1.807, 2.05) is 12.3 Å². The Bertz CT molecular complexity index is 697. The minimum Gasteiger partial charge on any atom is -0.469 e. The standard InChI is InChI=1S/C21H29N3O/c1-4-24(5-2)14-8-13-23-21-19-17(11-7-12-22-19)15-18-10-6-9-16(3)20(18)25-21/h6-7,9-12,21,23H,4-5,8,13-15H2,1-3H3. The summed E-state index contributed by atoms with van der Waals surface area (Å²) in [5, 5.41) is 3.58. The van der Waals surface area contributed by atoms with Gasteiger partial charge >= 0.3 is 0 Å². The molecule has 4 nitrogen and oxygen atoms in total. The summed E-state index contributed by atoms with van der Waals surface area (Å²) < 4.78 is 6.39. The Morgan fingerprint density at radius 3 is 2.76 bits per heavy atom. The molecule has 4 heteroatoms. The molecule has 0 aliphatic carbocycles. The molecule has 1 aromatic heterocycles. The van der Waals surface area contributed by atoms with Crippen molar-refractivity contribution in [2.75, 3.05) is 26.2 Å². The molecule has 2 heterocycles. The highest BCUT2D eigenvalue weighted by Crippen LogP contribution is 2.34. The van der Waals surface area contributed by atoms with Gasteiger partial charge in [0, 0.05) is 19.2 Å². The summed E-state index contributed by atoms with van der Waals surface area (Å²) >= 11 is 0. The second kappa shape index (κ2) is 8.45. The van der Waals surface area contributed by atoms with Gasteiger partial charge in [-0.2, -0.15) is 0 Å². The molecule has 0 bridgehead atoms. The molecule has 0 fully saturated rings. The second-order valence-electron chi connectivity index (χ2n) is 6.62. The van der Waals surface area contributed by atoms with E-state index in [0.717, 1.165) is 50.5 Å². The Hall–Kier alpha value is -1.91. The van der Waals surface area contributed by atoms with E-state index in [1.54, 1.807) is 0 Å². The first-order valence-corrected chi connectivity index (χ1v) is 9.37. The minimum atomic E-state index is -0.185. The van der Waals surface area contributed by atoms with Crippen LogP contribution in [0.3, 0.4) is 0 Å². The van der Waals surface area contributed by atoms with E-state index in [9.17, 15) is 0 Å². The molecule has 0 saturated carbocycles. The first kappa shape index (κ1) is 17.9. The Labute approximate surface area is 151 Å². The maximum absolute atomic E-state index is 6.39. The Balaban J connectivity index is 1.75. The highest BCUT2D eigenvalue weighted by atomic mass is 16.5. The van der Waals surface area contributed by atoms with Gasteiger partial charge in [-0.1, -0.05) is 38.1 Å². The largest absolute Gasteiger partial charge is 0.469 e. The topological polar surface area (TPSA) is 37.4 Å². The summed E-state index contributed by atoms with van der Waals surface area (Å²) in [6, 6.07) is 10.5. The van der Waals surface area contributed by atoms with Crippen molar-refractivity contribution >= 4 is 0 Å². The molecule has 0 radical (unpaired) electrons. The molecule has 25 heavy (non-hydrogen) atoms. The van der Waals surface area contributed by atoms with Gasteiger partial charge in [-0.25, -0.2) is 0 Å². The van der Waals surface area contributed by atoms with Gasteiger partial charge in [-0.05, 0) is 55.7 Å². The van der Waals surface area contributed by atoms with E-state index < -0.39 is 0 Å². The molecule has 1 unspecified atom stereocenters. The second-order valence-corrected chi connectivity index (χ2v) is 6.62. The number of para-hydroxylation sites is 1. The number of nitrogens with one attached hydrogen (secondary N) is 1. The number of aryl methyl sites for hydroxylation is 1. The van der Waals surface area contributed by atoms with Gasteiger partial charge < -0.3 is 9.64 Å². The highest BCUT2D eigenvalue weighted by Gasteiger charge is 2.24. The Kier molecular flexibility index (Phi) is 6.05. The molecular weight excluding hydrogens is 310 g/mol. The van der Waals surface area contributed by atoms with Crippen LogP contribution in [0.15, 0.2) is 36.5 Å². The number of benzene rings is 1. The van der Waals surface area contributed by atoms with Crippen LogP contribution in [0.5, 0.6) is 5.75 Å². The molecule has 134 valence electrons. The lowest BCUT2D eigenvalue weighted by atomic mass is 10.0. The number of nitrogens with zero attached hydrogens (tertiary/aromatic N) is 2. The summed E-state index contributed by atoms with van der Waals surface area (Å²) in [5.41, 5.74) is 4.68. The summed E-state index contributed by atoms with van der Waals surface area (Å²) in [6.45, 7) is 10.8. The fourth-order valence-electron chi connectivity index (χ4n) is 3.45. The highest BCUT2D eigenvalue weighted by molar-refractivity contribution is 5.46. The molecule has 2 aromatic rings. The van der Waals surface area contributed by atoms with Crippen molar-refractivity contribution in [2.24, 2.45) is 0 Å². The number of fused-ring (bicyclic) bond motifs is 2. The first-order valence-electron chi connectivity index (χ1n) is 9.37. The van der Waals surface area contributed by atoms with Crippen LogP contribution in [-0.2, 0) is 6.42 Å². The maximum Gasteiger partial charge on any atom is 0.193 e. The summed E-state index contributed by atoms with van der Waals surface area (Å²) in [4.78, 5) is 7.07. The molecule has 0 saturated heterocycles. The Morgan fingerprint density at radius 1 is 1.16 bits per heavy atom. The number of rotatable bonds is 7. The molecule has 1 aliphatic rings. The lowest BCUT2D eigenvalue weighted by Gasteiger charge is -2.22. The van der Waals surface area contributed by atoms with Crippen LogP contribution in [0, 0.1) is 6.92 Å². The van der Waals surface area contributed by atoms with Crippen LogP contribution in [-0.4, -0.2) is 36.1 Å². The van der Waals surface area contributed by atoms with Gasteiger partial charge in [0.1, 0.15) is 5.75 Å². The van der Waals surface area contributed by atoms with Crippen molar-refractivity contribution in [3.05, 3.63) is 58.9 Å². The third kappa shape index (κ3) is 4.20. The molecule has 0 amide bonds. The van der Waals surface area contributed by atoms with Crippen LogP contribution in [0.4, 0.5) is 0 Å². The van der Waals surface area contributed by atoms with Crippen molar-refractivity contribution in [3.8, 4) is 5.75 Å². The predicted octanol–water partition coefficient (Wildman–Crippen LogP) is 3.69. The first-order chi connectivity index (χ1) is 12.2. The van der Waals surface area contributed by atoms with Crippen molar-refractivity contribution in [2.45, 2.75) is 39.8 Å². The van der Waals surface area contributed by atoms with Crippen molar-refractivity contribution in [1.29, 1.82) is 0 Å². The zero-order chi connectivity index (χ0) is 17.6. The van der Waals surface area contributed by atoms with Gasteiger partial charge in [-0.15, -0.1) is 0 Å². The third-order valence-corrected chi connectivity index (χ3v) is 4.96. The molecule has 3 rings (SSSR count). The van der Waals surface area contributed by atoms with Gasteiger partial charge in [0.15, 0.2) is 6.23 Å². The molecular formula is C21H29N3O. The van der Waals surface area contributed by atoms with Crippen molar-refractivity contribution in [3.63, 3.8) is 0 Å². The van der Waals surface area contributed by atoms with Crippen molar-refractivity contribution < 1.29 is 4.74 Å². The number of pyridine rings is 1. The van der Waals surface area contributed by atoms with E-state index in [0.29, 0.717) is 0 Å². The molecule has 1 aromatic carbocycles. The zero-order valence-corrected chi connectivity index (χ0v) is 15.6. The van der Waals surface area contributed by atoms with E-state index >= 15 is 0 Å². The van der Waals surface area contributed by atoms with Gasteiger partial charge in [0.05, 0.1) is 5.69 Å². The number of hydrogen-bond donors (Lipinski definition) is 1. The lowest BCUT2D eigenvalue weighted by molar-refractivity contribution is 0.158. The van der Waals surface area contributed by atoms with Crippen LogP contribution >= 0.6 is 0 Å². The van der Waals surface area contributed by atoms with E-state index in [4.69, 9.17) is 4.74 Å². The van der Waals surface area contributed by atoms with Gasteiger partial charge in [-0.3, -0.25) is 10.3 Å². The molecule has 1 N–H and O–H groups in total. The smallest absolute Gasteiger partial charge is 0.193 e. The number of hydrogen-bond acceptors (Lipinski definition) is 4. The minimum absolute atomic E-state index is 0.185. The monoisotopic (exact) mass is 339 g/mol. The summed E-state index contributed by atoms with van der Waals surface area (Å²) in [5.74, 6) is 1.00. The average Bonchev–Trinajstić information content (AvgIpc) is 2.79. The molecule has 1 atom stereocenters. The summed E-state index contributed by atoms with van der Waals surface area (Å²) in [7, 11) is 0. The van der Waals surface area contributed by atoms with E-state index in [-0.39, 0.29) is 6.23 Å². The number of ether oxygens (including phenoxy) is 1. The predicted molar refractivity (Wildman–Crippen MR) is 102 cm³/mol. The third-order valence-electron chi connectivity index (χ3n) is 4.96. The zero-order valence-electron chi connectivity index (χ0n) is 15.6. The fourth-order valence-corrected chi connectivity index (χ4v) is 3.45. The van der Waals surface area contributed by atoms with Crippen LogP contribution < -0.4 is 10.1 Å². The maximum atomic E-state index is 6.39.